The zero-order valence-corrected chi connectivity index (χ0v) is 19.5. The van der Waals surface area contributed by atoms with Gasteiger partial charge in [0.05, 0.1) is 12.1 Å². The molecular weight excluding hydrogens is 439 g/mol. The number of carbonyl (C=O) groups excluding carboxylic acids is 2. The van der Waals surface area contributed by atoms with Crippen LogP contribution in [0.1, 0.15) is 32.3 Å². The first-order chi connectivity index (χ1) is 14.9. The lowest BCUT2D eigenvalue weighted by Crippen LogP contribution is -2.50. The first-order valence-electron chi connectivity index (χ1n) is 10.2. The highest BCUT2D eigenvalue weighted by atomic mass is 35.5. The Morgan fingerprint density at radius 3 is 2.55 bits per heavy atom. The normalized spacial score (nSPS) is 11.5. The Morgan fingerprint density at radius 1 is 1.13 bits per heavy atom. The number of rotatable bonds is 11. The largest absolute Gasteiger partial charge is 0.497 e. The van der Waals surface area contributed by atoms with E-state index in [0.717, 1.165) is 12.0 Å². The molecule has 2 rings (SSSR count). The Labute approximate surface area is 193 Å². The molecule has 6 nitrogen and oxygen atoms in total. The van der Waals surface area contributed by atoms with Gasteiger partial charge in [0.25, 0.3) is 5.91 Å². The SMILES string of the molecule is CCCNC(=O)[C@@H](CC)N(Cc1cccc(OC)c1)C(=O)COc1ccc(Cl)cc1Cl. The van der Waals surface area contributed by atoms with Crippen molar-refractivity contribution in [3.8, 4) is 11.5 Å². The number of nitrogens with one attached hydrogen (secondary N) is 1. The monoisotopic (exact) mass is 466 g/mol. The first kappa shape index (κ1) is 24.8. The van der Waals surface area contributed by atoms with Crippen molar-refractivity contribution in [2.75, 3.05) is 20.3 Å². The zero-order valence-electron chi connectivity index (χ0n) is 18.0. The lowest BCUT2D eigenvalue weighted by molar-refractivity contribution is -0.143. The molecule has 0 saturated heterocycles. The summed E-state index contributed by atoms with van der Waals surface area (Å²) in [6.07, 6.45) is 1.27. The Balaban J connectivity index is 2.23. The summed E-state index contributed by atoms with van der Waals surface area (Å²) in [4.78, 5) is 27.4. The molecule has 1 N–H and O–H groups in total. The summed E-state index contributed by atoms with van der Waals surface area (Å²) in [5.74, 6) is 0.513. The second kappa shape index (κ2) is 12.4. The van der Waals surface area contributed by atoms with E-state index in [1.54, 1.807) is 25.3 Å². The second-order valence-corrected chi connectivity index (χ2v) is 7.80. The fourth-order valence-corrected chi connectivity index (χ4v) is 3.53. The number of nitrogens with zero attached hydrogens (tertiary/aromatic N) is 1. The van der Waals surface area contributed by atoms with Crippen molar-refractivity contribution in [2.24, 2.45) is 0 Å². The van der Waals surface area contributed by atoms with Crippen molar-refractivity contribution in [2.45, 2.75) is 39.3 Å². The van der Waals surface area contributed by atoms with Crippen LogP contribution in [0.15, 0.2) is 42.5 Å². The fraction of sp³-hybridized carbons (Fsp3) is 0.391. The van der Waals surface area contributed by atoms with Crippen molar-refractivity contribution in [3.05, 3.63) is 58.1 Å². The molecule has 0 aliphatic heterocycles. The minimum Gasteiger partial charge on any atom is -0.497 e. The van der Waals surface area contributed by atoms with Crippen LogP contribution in [0.2, 0.25) is 10.0 Å². The number of hydrogen-bond acceptors (Lipinski definition) is 4. The van der Waals surface area contributed by atoms with Gasteiger partial charge in [-0.25, -0.2) is 0 Å². The van der Waals surface area contributed by atoms with Crippen LogP contribution in [-0.2, 0) is 16.1 Å². The Hall–Kier alpha value is -2.44. The average molecular weight is 467 g/mol. The number of methoxy groups -OCH3 is 1. The van der Waals surface area contributed by atoms with Gasteiger partial charge in [-0.3, -0.25) is 9.59 Å². The highest BCUT2D eigenvalue weighted by molar-refractivity contribution is 6.35. The van der Waals surface area contributed by atoms with Crippen LogP contribution in [0.25, 0.3) is 0 Å². The summed E-state index contributed by atoms with van der Waals surface area (Å²) < 4.78 is 10.9. The third kappa shape index (κ3) is 7.33. The molecule has 0 saturated carbocycles. The van der Waals surface area contributed by atoms with Crippen LogP contribution in [-0.4, -0.2) is 43.0 Å². The molecule has 2 aromatic carbocycles. The molecule has 0 bridgehead atoms. The van der Waals surface area contributed by atoms with Gasteiger partial charge in [0.2, 0.25) is 5.91 Å². The van der Waals surface area contributed by atoms with Gasteiger partial charge in [-0.2, -0.15) is 0 Å². The molecule has 0 fully saturated rings. The summed E-state index contributed by atoms with van der Waals surface area (Å²) in [6.45, 7) is 4.38. The molecule has 31 heavy (non-hydrogen) atoms. The number of amides is 2. The zero-order chi connectivity index (χ0) is 22.8. The summed E-state index contributed by atoms with van der Waals surface area (Å²) in [7, 11) is 1.58. The number of halogens is 2. The number of benzene rings is 2. The third-order valence-corrected chi connectivity index (χ3v) is 5.20. The van der Waals surface area contributed by atoms with Gasteiger partial charge in [0.1, 0.15) is 17.5 Å². The standard InChI is InChI=1S/C23H28Cl2N2O4/c1-4-11-26-23(29)20(5-2)27(14-16-7-6-8-18(12-16)30-3)22(28)15-31-21-10-9-17(24)13-19(21)25/h6-10,12-13,20H,4-5,11,14-15H2,1-3H3,(H,26,29)/t20-/m1/s1. The van der Waals surface area contributed by atoms with Gasteiger partial charge in [-0.1, -0.05) is 49.2 Å². The molecule has 168 valence electrons. The minimum atomic E-state index is -0.630. The van der Waals surface area contributed by atoms with E-state index in [2.05, 4.69) is 5.32 Å². The van der Waals surface area contributed by atoms with Crippen LogP contribution in [0.4, 0.5) is 0 Å². The Bertz CT molecular complexity index is 892. The average Bonchev–Trinajstić information content (AvgIpc) is 2.76. The quantitative estimate of drug-likeness (QED) is 0.520. The summed E-state index contributed by atoms with van der Waals surface area (Å²) >= 11 is 12.1. The maximum Gasteiger partial charge on any atom is 0.261 e. The Kier molecular flexibility index (Phi) is 9.95. The summed E-state index contributed by atoms with van der Waals surface area (Å²) in [5.41, 5.74) is 0.846. The molecular formula is C23H28Cl2N2O4. The summed E-state index contributed by atoms with van der Waals surface area (Å²) in [6, 6.07) is 11.6. The molecule has 0 aliphatic carbocycles. The van der Waals surface area contributed by atoms with Crippen molar-refractivity contribution >= 4 is 35.0 Å². The maximum atomic E-state index is 13.2. The topological polar surface area (TPSA) is 67.9 Å². The van der Waals surface area contributed by atoms with E-state index in [1.165, 1.54) is 4.90 Å². The predicted molar refractivity (Wildman–Crippen MR) is 123 cm³/mol. The molecule has 8 heteroatoms. The van der Waals surface area contributed by atoms with Crippen LogP contribution in [0, 0.1) is 0 Å². The minimum absolute atomic E-state index is 0.190. The van der Waals surface area contributed by atoms with Gasteiger partial charge in [-0.15, -0.1) is 0 Å². The molecule has 0 radical (unpaired) electrons. The van der Waals surface area contributed by atoms with E-state index in [0.29, 0.717) is 34.5 Å². The van der Waals surface area contributed by atoms with Crippen LogP contribution in [0.5, 0.6) is 11.5 Å². The number of hydrogen-bond donors (Lipinski definition) is 1. The van der Waals surface area contributed by atoms with Crippen LogP contribution in [0.3, 0.4) is 0 Å². The van der Waals surface area contributed by atoms with Crippen molar-refractivity contribution in [1.29, 1.82) is 0 Å². The van der Waals surface area contributed by atoms with Crippen LogP contribution >= 0.6 is 23.2 Å². The van der Waals surface area contributed by atoms with Gasteiger partial charge < -0.3 is 19.7 Å². The summed E-state index contributed by atoms with van der Waals surface area (Å²) in [5, 5.41) is 3.67. The van der Waals surface area contributed by atoms with Gasteiger partial charge in [0, 0.05) is 18.1 Å². The maximum absolute atomic E-state index is 13.2. The van der Waals surface area contributed by atoms with E-state index in [1.807, 2.05) is 38.1 Å². The lowest BCUT2D eigenvalue weighted by Gasteiger charge is -2.30. The van der Waals surface area contributed by atoms with E-state index < -0.39 is 6.04 Å². The van der Waals surface area contributed by atoms with Gasteiger partial charge in [-0.05, 0) is 48.7 Å². The third-order valence-electron chi connectivity index (χ3n) is 4.67. The number of carbonyl (C=O) groups is 2. The lowest BCUT2D eigenvalue weighted by atomic mass is 10.1. The van der Waals surface area contributed by atoms with E-state index in [4.69, 9.17) is 32.7 Å². The van der Waals surface area contributed by atoms with Gasteiger partial charge in [0.15, 0.2) is 6.61 Å². The molecule has 0 aliphatic rings. The first-order valence-corrected chi connectivity index (χ1v) is 10.9. The van der Waals surface area contributed by atoms with Crippen molar-refractivity contribution < 1.29 is 19.1 Å². The molecule has 0 heterocycles. The molecule has 2 aromatic rings. The smallest absolute Gasteiger partial charge is 0.261 e. The van der Waals surface area contributed by atoms with E-state index in [9.17, 15) is 9.59 Å². The van der Waals surface area contributed by atoms with E-state index >= 15 is 0 Å². The fourth-order valence-electron chi connectivity index (χ4n) is 3.07. The van der Waals surface area contributed by atoms with Crippen LogP contribution < -0.4 is 14.8 Å². The highest BCUT2D eigenvalue weighted by Crippen LogP contribution is 2.27. The molecule has 0 unspecified atom stereocenters. The van der Waals surface area contributed by atoms with E-state index in [-0.39, 0.29) is 25.0 Å². The highest BCUT2D eigenvalue weighted by Gasteiger charge is 2.29. The predicted octanol–water partition coefficient (Wildman–Crippen LogP) is 4.71. The van der Waals surface area contributed by atoms with Gasteiger partial charge >= 0.3 is 0 Å². The Morgan fingerprint density at radius 2 is 1.90 bits per heavy atom. The second-order valence-electron chi connectivity index (χ2n) is 6.95. The number of ether oxygens (including phenoxy) is 2. The van der Waals surface area contributed by atoms with Crippen molar-refractivity contribution in [1.82, 2.24) is 10.2 Å². The van der Waals surface area contributed by atoms with Crippen molar-refractivity contribution in [3.63, 3.8) is 0 Å². The molecule has 0 spiro atoms. The molecule has 1 atom stereocenters. The molecule has 2 amide bonds. The molecule has 0 aromatic heterocycles.